The van der Waals surface area contributed by atoms with E-state index >= 15 is 0 Å². The molecule has 164 valence electrons. The number of aryl methyl sites for hydroxylation is 1. The van der Waals surface area contributed by atoms with Crippen LogP contribution in [0, 0.1) is 12.3 Å². The maximum absolute atomic E-state index is 9.56. The Morgan fingerprint density at radius 1 is 0.786 bits per heavy atom. The Morgan fingerprint density at radius 3 is 1.36 bits per heavy atom. The summed E-state index contributed by atoms with van der Waals surface area (Å²) < 4.78 is 6.13. The van der Waals surface area contributed by atoms with Gasteiger partial charge in [0.05, 0.1) is 25.2 Å². The number of aliphatic hydroxyl groups excluding tert-OH is 3. The van der Waals surface area contributed by atoms with E-state index in [1.165, 1.54) is 5.56 Å². The Kier molecular flexibility index (Phi) is 10.5. The van der Waals surface area contributed by atoms with Crippen LogP contribution in [-0.2, 0) is 10.8 Å². The smallest absolute Gasteiger partial charge is 0.324 e. The first-order chi connectivity index (χ1) is 12.6. The van der Waals surface area contributed by atoms with Crippen LogP contribution in [0.2, 0.25) is 0 Å². The summed E-state index contributed by atoms with van der Waals surface area (Å²) in [6, 6.07) is 4.26. The lowest BCUT2D eigenvalue weighted by Gasteiger charge is -2.33. The average molecular weight is 420 g/mol. The molecule has 0 atom stereocenters. The van der Waals surface area contributed by atoms with Gasteiger partial charge in [0, 0.05) is 11.1 Å². The van der Waals surface area contributed by atoms with Crippen molar-refractivity contribution in [3.05, 3.63) is 28.8 Å². The molecule has 7 nitrogen and oxygen atoms in total. The molecule has 0 fully saturated rings. The topological polar surface area (TPSA) is 131 Å². The van der Waals surface area contributed by atoms with Crippen molar-refractivity contribution in [3.63, 3.8) is 0 Å². The van der Waals surface area contributed by atoms with Crippen molar-refractivity contribution in [2.45, 2.75) is 59.3 Å². The predicted molar refractivity (Wildman–Crippen MR) is 111 cm³/mol. The van der Waals surface area contributed by atoms with Crippen molar-refractivity contribution < 1.29 is 34.7 Å². The molecule has 6 N–H and O–H groups in total. The van der Waals surface area contributed by atoms with Gasteiger partial charge in [-0.3, -0.25) is 0 Å². The van der Waals surface area contributed by atoms with E-state index in [4.69, 9.17) is 19.4 Å². The molecule has 0 aliphatic heterocycles. The van der Waals surface area contributed by atoms with Crippen molar-refractivity contribution in [3.8, 4) is 5.75 Å². The van der Waals surface area contributed by atoms with Crippen molar-refractivity contribution in [2.24, 2.45) is 5.41 Å². The number of rotatable bonds is 6. The molecular formula is C20H37O7P. The predicted octanol–water partition coefficient (Wildman–Crippen LogP) is 2.12. The summed E-state index contributed by atoms with van der Waals surface area (Å²) >= 11 is 0. The molecule has 1 aromatic rings. The number of hydrogen-bond donors (Lipinski definition) is 6. The average Bonchev–Trinajstić information content (AvgIpc) is 2.54. The standard InChI is InChI=1S/C20H34O4.H3O3P/c1-14-8-15(18(2,3)4)17(16(9-14)19(5,6)7)24-13-20(10-21,11-22)12-23;1-4(2)3/h8-9,21-23H,10-13H2,1-7H3;1-3H. The van der Waals surface area contributed by atoms with Crippen LogP contribution in [0.15, 0.2) is 12.1 Å². The highest BCUT2D eigenvalue weighted by atomic mass is 31.2. The van der Waals surface area contributed by atoms with E-state index in [1.54, 1.807) is 0 Å². The second-order valence-corrected chi connectivity index (χ2v) is 9.76. The van der Waals surface area contributed by atoms with Gasteiger partial charge in [-0.25, -0.2) is 0 Å². The highest BCUT2D eigenvalue weighted by molar-refractivity contribution is 7.38. The fourth-order valence-electron chi connectivity index (χ4n) is 2.56. The molecule has 0 aliphatic rings. The Hall–Kier alpha value is -0.790. The molecule has 0 aromatic heterocycles. The van der Waals surface area contributed by atoms with Crippen LogP contribution in [0.25, 0.3) is 0 Å². The molecule has 0 saturated heterocycles. The molecule has 1 rings (SSSR count). The third-order valence-electron chi connectivity index (χ3n) is 4.38. The summed E-state index contributed by atoms with van der Waals surface area (Å²) in [5.41, 5.74) is 2.10. The van der Waals surface area contributed by atoms with Crippen LogP contribution in [0.4, 0.5) is 0 Å². The fraction of sp³-hybridized carbons (Fsp3) is 0.700. The second kappa shape index (κ2) is 10.8. The Bertz CT molecular complexity index is 554. The van der Waals surface area contributed by atoms with E-state index in [-0.39, 0.29) is 37.3 Å². The maximum atomic E-state index is 9.56. The molecule has 0 heterocycles. The lowest BCUT2D eigenvalue weighted by atomic mass is 9.78. The molecule has 0 spiro atoms. The number of ether oxygens (including phenoxy) is 1. The quantitative estimate of drug-likeness (QED) is 0.389. The third kappa shape index (κ3) is 8.29. The molecule has 0 aliphatic carbocycles. The zero-order valence-electron chi connectivity index (χ0n) is 18.0. The lowest BCUT2D eigenvalue weighted by molar-refractivity contribution is -0.0265. The van der Waals surface area contributed by atoms with Crippen LogP contribution in [0.3, 0.4) is 0 Å². The van der Waals surface area contributed by atoms with Crippen LogP contribution in [0.1, 0.15) is 58.2 Å². The molecule has 0 saturated carbocycles. The van der Waals surface area contributed by atoms with Crippen LogP contribution >= 0.6 is 8.60 Å². The van der Waals surface area contributed by atoms with Crippen molar-refractivity contribution in [1.82, 2.24) is 0 Å². The van der Waals surface area contributed by atoms with Gasteiger partial charge >= 0.3 is 8.60 Å². The molecule has 0 radical (unpaired) electrons. The molecule has 1 aromatic carbocycles. The highest BCUT2D eigenvalue weighted by Crippen LogP contribution is 2.41. The van der Waals surface area contributed by atoms with Crippen LogP contribution < -0.4 is 4.74 Å². The Balaban J connectivity index is 0.00000165. The molecular weight excluding hydrogens is 383 g/mol. The van der Waals surface area contributed by atoms with Gasteiger partial charge in [-0.15, -0.1) is 0 Å². The van der Waals surface area contributed by atoms with Crippen molar-refractivity contribution in [1.29, 1.82) is 0 Å². The maximum Gasteiger partial charge on any atom is 0.324 e. The van der Waals surface area contributed by atoms with Gasteiger partial charge in [0.15, 0.2) is 0 Å². The molecule has 0 unspecified atom stereocenters. The fourth-order valence-corrected chi connectivity index (χ4v) is 2.56. The number of benzene rings is 1. The van der Waals surface area contributed by atoms with Crippen molar-refractivity contribution >= 4 is 8.60 Å². The molecule has 0 bridgehead atoms. The first kappa shape index (κ1) is 27.2. The first-order valence-electron chi connectivity index (χ1n) is 9.11. The minimum atomic E-state index is -2.62. The summed E-state index contributed by atoms with van der Waals surface area (Å²) in [7, 11) is -2.62. The molecule has 8 heteroatoms. The zero-order chi connectivity index (χ0) is 22.3. The summed E-state index contributed by atoms with van der Waals surface area (Å²) in [6.07, 6.45) is 0. The van der Waals surface area contributed by atoms with E-state index in [0.29, 0.717) is 0 Å². The normalized spacial score (nSPS) is 12.6. The van der Waals surface area contributed by atoms with Gasteiger partial charge in [0.2, 0.25) is 0 Å². The van der Waals surface area contributed by atoms with E-state index in [2.05, 4.69) is 60.6 Å². The summed E-state index contributed by atoms with van der Waals surface area (Å²) in [5.74, 6) is 0.792. The van der Waals surface area contributed by atoms with Crippen LogP contribution in [-0.4, -0.2) is 56.4 Å². The summed E-state index contributed by atoms with van der Waals surface area (Å²) in [6.45, 7) is 14.0. The van der Waals surface area contributed by atoms with E-state index in [9.17, 15) is 15.3 Å². The second-order valence-electron chi connectivity index (χ2n) is 9.22. The lowest BCUT2D eigenvalue weighted by Crippen LogP contribution is -2.40. The van der Waals surface area contributed by atoms with Crippen LogP contribution in [0.5, 0.6) is 5.75 Å². The Labute approximate surface area is 169 Å². The minimum Gasteiger partial charge on any atom is -0.492 e. The third-order valence-corrected chi connectivity index (χ3v) is 4.38. The van der Waals surface area contributed by atoms with Gasteiger partial charge in [-0.2, -0.15) is 0 Å². The van der Waals surface area contributed by atoms with Gasteiger partial charge in [-0.05, 0) is 17.8 Å². The van der Waals surface area contributed by atoms with E-state index in [0.717, 1.165) is 16.9 Å². The zero-order valence-corrected chi connectivity index (χ0v) is 18.9. The summed E-state index contributed by atoms with van der Waals surface area (Å²) in [5, 5.41) is 28.7. The van der Waals surface area contributed by atoms with Gasteiger partial charge < -0.3 is 34.7 Å². The largest absolute Gasteiger partial charge is 0.492 e. The van der Waals surface area contributed by atoms with Gasteiger partial charge in [0.1, 0.15) is 12.4 Å². The van der Waals surface area contributed by atoms with Crippen molar-refractivity contribution in [2.75, 3.05) is 26.4 Å². The minimum absolute atomic E-state index is 0.0612. The molecule has 0 amide bonds. The van der Waals surface area contributed by atoms with E-state index in [1.807, 2.05) is 0 Å². The molecule has 28 heavy (non-hydrogen) atoms. The van der Waals surface area contributed by atoms with Gasteiger partial charge in [-0.1, -0.05) is 59.2 Å². The van der Waals surface area contributed by atoms with Gasteiger partial charge in [0.25, 0.3) is 0 Å². The number of hydrogen-bond acceptors (Lipinski definition) is 7. The monoisotopic (exact) mass is 420 g/mol. The Morgan fingerprint density at radius 2 is 1.11 bits per heavy atom. The van der Waals surface area contributed by atoms with E-state index < -0.39 is 14.0 Å². The SMILES string of the molecule is Cc1cc(C(C)(C)C)c(OCC(CO)(CO)CO)c(C(C)(C)C)c1.OP(O)O. The number of aliphatic hydroxyl groups is 3. The first-order valence-corrected chi connectivity index (χ1v) is 10.3. The highest BCUT2D eigenvalue weighted by Gasteiger charge is 2.32. The summed E-state index contributed by atoms with van der Waals surface area (Å²) in [4.78, 5) is 21.7.